The number of ether oxygens (including phenoxy) is 1. The smallest absolute Gasteiger partial charge is 0.252 e. The highest BCUT2D eigenvalue weighted by molar-refractivity contribution is 6.07. The van der Waals surface area contributed by atoms with Crippen LogP contribution in [0.1, 0.15) is 21.5 Å². The number of hydrogen-bond donors (Lipinski definition) is 1. The second kappa shape index (κ2) is 10.8. The van der Waals surface area contributed by atoms with Gasteiger partial charge in [0.05, 0.1) is 30.0 Å². The molecule has 0 radical (unpaired) electrons. The summed E-state index contributed by atoms with van der Waals surface area (Å²) in [6.07, 6.45) is 0.724. The number of morpholine rings is 1. The lowest BCUT2D eigenvalue weighted by atomic mass is 10.0. The molecule has 1 saturated heterocycles. The molecule has 1 N–H and O–H groups in total. The molecule has 1 fully saturated rings. The average molecular weight is 470 g/mol. The second-order valence-electron chi connectivity index (χ2n) is 8.79. The lowest BCUT2D eigenvalue weighted by Gasteiger charge is -2.26. The molecule has 1 amide bonds. The van der Waals surface area contributed by atoms with Crippen molar-refractivity contribution in [1.29, 1.82) is 0 Å². The van der Waals surface area contributed by atoms with Crippen molar-refractivity contribution in [2.24, 2.45) is 0 Å². The molecule has 0 spiro atoms. The van der Waals surface area contributed by atoms with Crippen LogP contribution in [-0.2, 0) is 17.7 Å². The maximum absolute atomic E-state index is 14.0. The van der Waals surface area contributed by atoms with Crippen LogP contribution in [0.15, 0.2) is 78.9 Å². The Morgan fingerprint density at radius 3 is 2.49 bits per heavy atom. The molecule has 2 heterocycles. The Morgan fingerprint density at radius 1 is 0.943 bits per heavy atom. The summed E-state index contributed by atoms with van der Waals surface area (Å²) in [5.41, 5.74) is 4.99. The zero-order chi connectivity index (χ0) is 24.0. The summed E-state index contributed by atoms with van der Waals surface area (Å²) < 4.78 is 19.5. The number of halogens is 1. The summed E-state index contributed by atoms with van der Waals surface area (Å²) in [5, 5.41) is 3.50. The van der Waals surface area contributed by atoms with Crippen molar-refractivity contribution in [2.75, 3.05) is 32.8 Å². The number of carbonyl (C=O) groups excluding carboxylic acids is 1. The highest BCUT2D eigenvalue weighted by Crippen LogP contribution is 2.26. The van der Waals surface area contributed by atoms with E-state index in [0.29, 0.717) is 28.7 Å². The number of carbonyl (C=O) groups is 1. The van der Waals surface area contributed by atoms with E-state index in [9.17, 15) is 9.18 Å². The predicted molar refractivity (Wildman–Crippen MR) is 136 cm³/mol. The molecule has 0 atom stereocenters. The molecule has 4 aromatic rings. The zero-order valence-electron chi connectivity index (χ0n) is 19.5. The van der Waals surface area contributed by atoms with Gasteiger partial charge in [0.1, 0.15) is 5.82 Å². The van der Waals surface area contributed by atoms with Gasteiger partial charge in [-0.2, -0.15) is 0 Å². The van der Waals surface area contributed by atoms with Crippen molar-refractivity contribution in [3.63, 3.8) is 0 Å². The molecule has 0 saturated carbocycles. The van der Waals surface area contributed by atoms with Gasteiger partial charge < -0.3 is 10.1 Å². The van der Waals surface area contributed by atoms with E-state index in [-0.39, 0.29) is 5.91 Å². The minimum atomic E-state index is -0.391. The van der Waals surface area contributed by atoms with E-state index in [1.165, 1.54) is 17.7 Å². The SMILES string of the molecule is O=C(NCCc1ccccc1)c1cc(-c2ccc(CN3CCOCC3)cc2)nc2ccc(F)cc12. The topological polar surface area (TPSA) is 54.5 Å². The highest BCUT2D eigenvalue weighted by atomic mass is 19.1. The lowest BCUT2D eigenvalue weighted by Crippen LogP contribution is -2.35. The largest absolute Gasteiger partial charge is 0.379 e. The Hall–Kier alpha value is -3.61. The Kier molecular flexibility index (Phi) is 7.12. The van der Waals surface area contributed by atoms with E-state index >= 15 is 0 Å². The zero-order valence-corrected chi connectivity index (χ0v) is 19.5. The van der Waals surface area contributed by atoms with Crippen LogP contribution in [0.5, 0.6) is 0 Å². The summed E-state index contributed by atoms with van der Waals surface area (Å²) in [6.45, 7) is 4.79. The van der Waals surface area contributed by atoms with Crippen LogP contribution < -0.4 is 5.32 Å². The number of pyridine rings is 1. The standard InChI is InChI=1S/C29H28FN3O2/c30-24-10-11-27-25(18-24)26(29(34)31-13-12-21-4-2-1-3-5-21)19-28(32-27)23-8-6-22(7-9-23)20-33-14-16-35-17-15-33/h1-11,18-19H,12-17,20H2,(H,31,34). The third-order valence-electron chi connectivity index (χ3n) is 6.32. The molecule has 178 valence electrons. The molecule has 5 nitrogen and oxygen atoms in total. The third-order valence-corrected chi connectivity index (χ3v) is 6.32. The van der Waals surface area contributed by atoms with Gasteiger partial charge in [0.25, 0.3) is 5.91 Å². The Labute approximate surface area is 204 Å². The van der Waals surface area contributed by atoms with Gasteiger partial charge in [-0.1, -0.05) is 54.6 Å². The van der Waals surface area contributed by atoms with Crippen LogP contribution in [0.4, 0.5) is 4.39 Å². The van der Waals surface area contributed by atoms with E-state index in [4.69, 9.17) is 9.72 Å². The number of rotatable bonds is 7. The fraction of sp³-hybridized carbons (Fsp3) is 0.241. The first-order valence-electron chi connectivity index (χ1n) is 12.0. The number of amides is 1. The molecule has 3 aromatic carbocycles. The van der Waals surface area contributed by atoms with Crippen molar-refractivity contribution < 1.29 is 13.9 Å². The quantitative estimate of drug-likeness (QED) is 0.421. The number of aromatic nitrogens is 1. The van der Waals surface area contributed by atoms with Crippen LogP contribution in [0.3, 0.4) is 0 Å². The fourth-order valence-corrected chi connectivity index (χ4v) is 4.39. The fourth-order valence-electron chi connectivity index (χ4n) is 4.39. The van der Waals surface area contributed by atoms with Crippen molar-refractivity contribution >= 4 is 16.8 Å². The average Bonchev–Trinajstić information content (AvgIpc) is 2.90. The lowest BCUT2D eigenvalue weighted by molar-refractivity contribution is 0.0342. The van der Waals surface area contributed by atoms with E-state index in [1.807, 2.05) is 42.5 Å². The number of benzene rings is 3. The molecule has 0 bridgehead atoms. The minimum absolute atomic E-state index is 0.232. The van der Waals surface area contributed by atoms with E-state index in [1.54, 1.807) is 12.1 Å². The number of hydrogen-bond acceptors (Lipinski definition) is 4. The van der Waals surface area contributed by atoms with E-state index < -0.39 is 5.82 Å². The van der Waals surface area contributed by atoms with Gasteiger partial charge in [-0.05, 0) is 41.8 Å². The van der Waals surface area contributed by atoms with Crippen molar-refractivity contribution in [2.45, 2.75) is 13.0 Å². The van der Waals surface area contributed by atoms with Crippen molar-refractivity contribution in [3.8, 4) is 11.3 Å². The van der Waals surface area contributed by atoms with Crippen molar-refractivity contribution in [1.82, 2.24) is 15.2 Å². The first-order chi connectivity index (χ1) is 17.2. The van der Waals surface area contributed by atoms with Crippen LogP contribution in [-0.4, -0.2) is 48.6 Å². The molecule has 35 heavy (non-hydrogen) atoms. The summed E-state index contributed by atoms with van der Waals surface area (Å²) in [6, 6.07) is 24.4. The summed E-state index contributed by atoms with van der Waals surface area (Å²) in [4.78, 5) is 20.2. The van der Waals surface area contributed by atoms with Gasteiger partial charge in [-0.15, -0.1) is 0 Å². The molecule has 1 aliphatic heterocycles. The second-order valence-corrected chi connectivity index (χ2v) is 8.79. The number of nitrogens with one attached hydrogen (secondary N) is 1. The molecule has 1 aromatic heterocycles. The first kappa shape index (κ1) is 23.1. The van der Waals surface area contributed by atoms with Gasteiger partial charge >= 0.3 is 0 Å². The van der Waals surface area contributed by atoms with E-state index in [0.717, 1.165) is 50.4 Å². The number of fused-ring (bicyclic) bond motifs is 1. The van der Waals surface area contributed by atoms with Gasteiger partial charge in [0, 0.05) is 37.1 Å². The molecular formula is C29H28FN3O2. The Morgan fingerprint density at radius 2 is 1.71 bits per heavy atom. The first-order valence-corrected chi connectivity index (χ1v) is 12.0. The van der Waals surface area contributed by atoms with Gasteiger partial charge in [-0.25, -0.2) is 9.37 Å². The third kappa shape index (κ3) is 5.73. The molecule has 1 aliphatic rings. The molecule has 0 unspecified atom stereocenters. The number of nitrogens with zero attached hydrogens (tertiary/aromatic N) is 2. The summed E-state index contributed by atoms with van der Waals surface area (Å²) in [5.74, 6) is -0.623. The molecule has 6 heteroatoms. The van der Waals surface area contributed by atoms with Crippen LogP contribution in [0.25, 0.3) is 22.2 Å². The van der Waals surface area contributed by atoms with Gasteiger partial charge in [-0.3, -0.25) is 9.69 Å². The Balaban J connectivity index is 1.38. The highest BCUT2D eigenvalue weighted by Gasteiger charge is 2.15. The minimum Gasteiger partial charge on any atom is -0.379 e. The van der Waals surface area contributed by atoms with Gasteiger partial charge in [0.2, 0.25) is 0 Å². The monoisotopic (exact) mass is 469 g/mol. The van der Waals surface area contributed by atoms with Gasteiger partial charge in [0.15, 0.2) is 0 Å². The molecule has 5 rings (SSSR count). The maximum Gasteiger partial charge on any atom is 0.252 e. The summed E-state index contributed by atoms with van der Waals surface area (Å²) in [7, 11) is 0. The van der Waals surface area contributed by atoms with Crippen LogP contribution in [0, 0.1) is 5.82 Å². The predicted octanol–water partition coefficient (Wildman–Crippen LogP) is 4.85. The molecular weight excluding hydrogens is 441 g/mol. The van der Waals surface area contributed by atoms with Crippen molar-refractivity contribution in [3.05, 3.63) is 101 Å². The normalized spacial score (nSPS) is 14.2. The maximum atomic E-state index is 14.0. The summed E-state index contributed by atoms with van der Waals surface area (Å²) >= 11 is 0. The van der Waals surface area contributed by atoms with Crippen LogP contribution in [0.2, 0.25) is 0 Å². The molecule has 0 aliphatic carbocycles. The Bertz CT molecular complexity index is 1300. The van der Waals surface area contributed by atoms with Crippen LogP contribution >= 0.6 is 0 Å². The van der Waals surface area contributed by atoms with E-state index in [2.05, 4.69) is 22.3 Å².